The Bertz CT molecular complexity index is 313. The summed E-state index contributed by atoms with van der Waals surface area (Å²) in [6, 6.07) is 0. The Morgan fingerprint density at radius 2 is 2.13 bits per heavy atom. The predicted molar refractivity (Wildman–Crippen MR) is 65.5 cm³/mol. The maximum absolute atomic E-state index is 4.67. The second kappa shape index (κ2) is 5.08. The maximum atomic E-state index is 4.67. The molecule has 0 atom stereocenters. The van der Waals surface area contributed by atoms with Crippen molar-refractivity contribution in [3.05, 3.63) is 15.6 Å². The molecule has 0 bridgehead atoms. The van der Waals surface area contributed by atoms with Crippen LogP contribution >= 0.6 is 11.3 Å². The summed E-state index contributed by atoms with van der Waals surface area (Å²) >= 11 is 1.92. The molecular formula is C12H20N2S. The third-order valence-corrected chi connectivity index (χ3v) is 4.50. The molecule has 0 saturated carbocycles. The summed E-state index contributed by atoms with van der Waals surface area (Å²) in [6.07, 6.45) is 4.98. The zero-order valence-electron chi connectivity index (χ0n) is 9.68. The molecule has 1 N–H and O–H groups in total. The first kappa shape index (κ1) is 11.1. The number of nitrogens with zero attached hydrogens (tertiary/aromatic N) is 1. The average molecular weight is 224 g/mol. The Labute approximate surface area is 96.1 Å². The standard InChI is InChI=1S/C12H20N2S/c1-3-11-9(2)14-12(15-11)8-10-4-6-13-7-5-10/h10,13H,3-8H2,1-2H3. The van der Waals surface area contributed by atoms with Gasteiger partial charge >= 0.3 is 0 Å². The first-order valence-electron chi connectivity index (χ1n) is 5.95. The van der Waals surface area contributed by atoms with Crippen LogP contribution in [-0.4, -0.2) is 18.1 Å². The number of nitrogens with one attached hydrogen (secondary N) is 1. The summed E-state index contributed by atoms with van der Waals surface area (Å²) in [7, 11) is 0. The number of hydrogen-bond donors (Lipinski definition) is 1. The largest absolute Gasteiger partial charge is 0.317 e. The van der Waals surface area contributed by atoms with Crippen LogP contribution in [0.25, 0.3) is 0 Å². The fourth-order valence-corrected chi connectivity index (χ4v) is 3.36. The van der Waals surface area contributed by atoms with Crippen LogP contribution in [0.1, 0.15) is 35.3 Å². The number of aromatic nitrogens is 1. The van der Waals surface area contributed by atoms with Crippen molar-refractivity contribution in [1.29, 1.82) is 0 Å². The molecule has 0 aromatic carbocycles. The second-order valence-electron chi connectivity index (χ2n) is 4.37. The van der Waals surface area contributed by atoms with E-state index in [0.29, 0.717) is 0 Å². The molecule has 15 heavy (non-hydrogen) atoms. The van der Waals surface area contributed by atoms with Crippen molar-refractivity contribution in [2.75, 3.05) is 13.1 Å². The summed E-state index contributed by atoms with van der Waals surface area (Å²) in [5.74, 6) is 0.863. The van der Waals surface area contributed by atoms with Gasteiger partial charge in [-0.1, -0.05) is 6.92 Å². The third-order valence-electron chi connectivity index (χ3n) is 3.18. The van der Waals surface area contributed by atoms with Crippen LogP contribution in [0.5, 0.6) is 0 Å². The SMILES string of the molecule is CCc1sc(CC2CCNCC2)nc1C. The molecule has 1 aliphatic heterocycles. The monoisotopic (exact) mass is 224 g/mol. The van der Waals surface area contributed by atoms with Gasteiger partial charge in [0.15, 0.2) is 0 Å². The summed E-state index contributed by atoms with van der Waals surface area (Å²) in [4.78, 5) is 6.14. The van der Waals surface area contributed by atoms with Crippen molar-refractivity contribution >= 4 is 11.3 Å². The van der Waals surface area contributed by atoms with Crippen LogP contribution < -0.4 is 5.32 Å². The van der Waals surface area contributed by atoms with Gasteiger partial charge in [-0.3, -0.25) is 0 Å². The lowest BCUT2D eigenvalue weighted by atomic mass is 9.95. The van der Waals surface area contributed by atoms with Gasteiger partial charge < -0.3 is 5.32 Å². The lowest BCUT2D eigenvalue weighted by molar-refractivity contribution is 0.372. The molecule has 0 amide bonds. The number of rotatable bonds is 3. The Hall–Kier alpha value is -0.410. The van der Waals surface area contributed by atoms with Crippen molar-refractivity contribution in [3.63, 3.8) is 0 Å². The van der Waals surface area contributed by atoms with Crippen molar-refractivity contribution in [2.45, 2.75) is 39.5 Å². The molecule has 2 nitrogen and oxygen atoms in total. The summed E-state index contributed by atoms with van der Waals surface area (Å²) in [5.41, 5.74) is 1.26. The van der Waals surface area contributed by atoms with Gasteiger partial charge in [-0.25, -0.2) is 4.98 Å². The van der Waals surface area contributed by atoms with E-state index in [-0.39, 0.29) is 0 Å². The van der Waals surface area contributed by atoms with Gasteiger partial charge in [0.1, 0.15) is 0 Å². The van der Waals surface area contributed by atoms with E-state index in [1.807, 2.05) is 11.3 Å². The highest BCUT2D eigenvalue weighted by Crippen LogP contribution is 2.24. The minimum Gasteiger partial charge on any atom is -0.317 e. The van der Waals surface area contributed by atoms with Crippen LogP contribution in [0.2, 0.25) is 0 Å². The lowest BCUT2D eigenvalue weighted by Crippen LogP contribution is -2.28. The van der Waals surface area contributed by atoms with Gasteiger partial charge in [-0.2, -0.15) is 0 Å². The summed E-state index contributed by atoms with van der Waals surface area (Å²) in [5, 5.41) is 4.77. The smallest absolute Gasteiger partial charge is 0.0933 e. The van der Waals surface area contributed by atoms with Crippen LogP contribution in [0, 0.1) is 12.8 Å². The van der Waals surface area contributed by atoms with Crippen molar-refractivity contribution < 1.29 is 0 Å². The van der Waals surface area contributed by atoms with Crippen molar-refractivity contribution in [3.8, 4) is 0 Å². The van der Waals surface area contributed by atoms with E-state index in [4.69, 9.17) is 0 Å². The Balaban J connectivity index is 1.97. The maximum Gasteiger partial charge on any atom is 0.0933 e. The van der Waals surface area contributed by atoms with Crippen LogP contribution in [-0.2, 0) is 12.8 Å². The van der Waals surface area contributed by atoms with Crippen molar-refractivity contribution in [2.24, 2.45) is 5.92 Å². The van der Waals surface area contributed by atoms with Crippen LogP contribution in [0.15, 0.2) is 0 Å². The Morgan fingerprint density at radius 1 is 1.40 bits per heavy atom. The van der Waals surface area contributed by atoms with Gasteiger partial charge in [-0.05, 0) is 45.2 Å². The highest BCUT2D eigenvalue weighted by atomic mass is 32.1. The zero-order valence-corrected chi connectivity index (χ0v) is 10.5. The summed E-state index contributed by atoms with van der Waals surface area (Å²) < 4.78 is 0. The van der Waals surface area contributed by atoms with Gasteiger partial charge in [0.25, 0.3) is 0 Å². The fourth-order valence-electron chi connectivity index (χ4n) is 2.24. The fraction of sp³-hybridized carbons (Fsp3) is 0.750. The molecule has 2 heterocycles. The number of hydrogen-bond acceptors (Lipinski definition) is 3. The molecule has 84 valence electrons. The third kappa shape index (κ3) is 2.79. The lowest BCUT2D eigenvalue weighted by Gasteiger charge is -2.21. The second-order valence-corrected chi connectivity index (χ2v) is 5.54. The number of piperidine rings is 1. The molecule has 0 radical (unpaired) electrons. The Morgan fingerprint density at radius 3 is 2.73 bits per heavy atom. The molecule has 1 aliphatic rings. The topological polar surface area (TPSA) is 24.9 Å². The van der Waals surface area contributed by atoms with E-state index in [1.165, 1.54) is 47.9 Å². The van der Waals surface area contributed by atoms with Gasteiger partial charge in [0, 0.05) is 11.3 Å². The first-order chi connectivity index (χ1) is 7.29. The highest BCUT2D eigenvalue weighted by molar-refractivity contribution is 7.11. The molecule has 1 aromatic heterocycles. The molecular weight excluding hydrogens is 204 g/mol. The van der Waals surface area contributed by atoms with Crippen molar-refractivity contribution in [1.82, 2.24) is 10.3 Å². The van der Waals surface area contributed by atoms with E-state index >= 15 is 0 Å². The summed E-state index contributed by atoms with van der Waals surface area (Å²) in [6.45, 7) is 6.74. The molecule has 1 aromatic rings. The molecule has 0 unspecified atom stereocenters. The average Bonchev–Trinajstić information content (AvgIpc) is 2.60. The van der Waals surface area contributed by atoms with E-state index in [1.54, 1.807) is 0 Å². The molecule has 2 rings (SSSR count). The van der Waals surface area contributed by atoms with Crippen LogP contribution in [0.3, 0.4) is 0 Å². The van der Waals surface area contributed by atoms with Gasteiger partial charge in [0.05, 0.1) is 10.7 Å². The normalized spacial score (nSPS) is 18.3. The molecule has 1 saturated heterocycles. The van der Waals surface area contributed by atoms with Crippen LogP contribution in [0.4, 0.5) is 0 Å². The molecule has 1 fully saturated rings. The predicted octanol–water partition coefficient (Wildman–Crippen LogP) is 2.56. The molecule has 0 aliphatic carbocycles. The van der Waals surface area contributed by atoms with E-state index in [0.717, 1.165) is 12.3 Å². The molecule has 3 heteroatoms. The minimum absolute atomic E-state index is 0.863. The van der Waals surface area contributed by atoms with E-state index < -0.39 is 0 Å². The highest BCUT2D eigenvalue weighted by Gasteiger charge is 2.16. The number of aryl methyl sites for hydroxylation is 2. The minimum atomic E-state index is 0.863. The van der Waals surface area contributed by atoms with E-state index in [2.05, 4.69) is 24.1 Å². The Kier molecular flexibility index (Phi) is 3.76. The molecule has 0 spiro atoms. The zero-order chi connectivity index (χ0) is 10.7. The quantitative estimate of drug-likeness (QED) is 0.853. The van der Waals surface area contributed by atoms with E-state index in [9.17, 15) is 0 Å². The number of thiazole rings is 1. The van der Waals surface area contributed by atoms with Gasteiger partial charge in [-0.15, -0.1) is 11.3 Å². The first-order valence-corrected chi connectivity index (χ1v) is 6.77. The van der Waals surface area contributed by atoms with Gasteiger partial charge in [0.2, 0.25) is 0 Å².